The molecule has 0 bridgehead atoms. The molecule has 3 heteroatoms. The van der Waals surface area contributed by atoms with E-state index in [4.69, 9.17) is 4.42 Å². The average Bonchev–Trinajstić information content (AvgIpc) is 2.67. The summed E-state index contributed by atoms with van der Waals surface area (Å²) in [6, 6.07) is 10.2. The lowest BCUT2D eigenvalue weighted by Crippen LogP contribution is -2.03. The van der Waals surface area contributed by atoms with E-state index in [0.29, 0.717) is 0 Å². The van der Waals surface area contributed by atoms with Crippen molar-refractivity contribution >= 4 is 15.9 Å². The smallest absolute Gasteiger partial charge is 0.134 e. The van der Waals surface area contributed by atoms with Gasteiger partial charge in [0.2, 0.25) is 0 Å². The van der Waals surface area contributed by atoms with E-state index in [1.54, 1.807) is 0 Å². The standard InChI is InChI=1S/C13H14BrNO/c1-9-7-10(14)3-5-12(9)13-6-4-11(16-13)8-15-2/h3-7,15H,8H2,1-2H3. The third kappa shape index (κ3) is 2.36. The van der Waals surface area contributed by atoms with Crippen LogP contribution in [0.25, 0.3) is 11.3 Å². The molecule has 2 aromatic rings. The second-order valence-corrected chi connectivity index (χ2v) is 4.67. The van der Waals surface area contributed by atoms with Crippen molar-refractivity contribution in [3.05, 3.63) is 46.1 Å². The van der Waals surface area contributed by atoms with E-state index in [1.807, 2.05) is 25.2 Å². The summed E-state index contributed by atoms with van der Waals surface area (Å²) in [6.45, 7) is 2.84. The second kappa shape index (κ2) is 4.85. The van der Waals surface area contributed by atoms with Crippen LogP contribution in [-0.2, 0) is 6.54 Å². The van der Waals surface area contributed by atoms with Crippen LogP contribution in [0.15, 0.2) is 39.2 Å². The summed E-state index contributed by atoms with van der Waals surface area (Å²) in [6.07, 6.45) is 0. The van der Waals surface area contributed by atoms with Crippen LogP contribution in [0.1, 0.15) is 11.3 Å². The van der Waals surface area contributed by atoms with Crippen molar-refractivity contribution in [3.63, 3.8) is 0 Å². The predicted molar refractivity (Wildman–Crippen MR) is 69.3 cm³/mol. The Kier molecular flexibility index (Phi) is 3.46. The van der Waals surface area contributed by atoms with Crippen molar-refractivity contribution in [2.24, 2.45) is 0 Å². The topological polar surface area (TPSA) is 25.2 Å². The molecule has 1 N–H and O–H groups in total. The van der Waals surface area contributed by atoms with Gasteiger partial charge in [0, 0.05) is 10.0 Å². The number of hydrogen-bond donors (Lipinski definition) is 1. The molecule has 0 aliphatic rings. The van der Waals surface area contributed by atoms with E-state index in [1.165, 1.54) is 5.56 Å². The highest BCUT2D eigenvalue weighted by atomic mass is 79.9. The molecule has 1 heterocycles. The van der Waals surface area contributed by atoms with Gasteiger partial charge in [0.25, 0.3) is 0 Å². The zero-order valence-electron chi connectivity index (χ0n) is 9.38. The maximum atomic E-state index is 5.75. The summed E-state index contributed by atoms with van der Waals surface area (Å²) in [7, 11) is 1.91. The number of benzene rings is 1. The van der Waals surface area contributed by atoms with Gasteiger partial charge >= 0.3 is 0 Å². The zero-order valence-corrected chi connectivity index (χ0v) is 11.0. The summed E-state index contributed by atoms with van der Waals surface area (Å²) >= 11 is 3.46. The minimum atomic E-state index is 0.759. The van der Waals surface area contributed by atoms with Crippen LogP contribution in [0.2, 0.25) is 0 Å². The molecule has 0 radical (unpaired) electrons. The van der Waals surface area contributed by atoms with Crippen molar-refractivity contribution in [3.8, 4) is 11.3 Å². The first-order chi connectivity index (χ1) is 7.70. The fraction of sp³-hybridized carbons (Fsp3) is 0.231. The maximum Gasteiger partial charge on any atom is 0.134 e. The number of furan rings is 1. The summed E-state index contributed by atoms with van der Waals surface area (Å²) in [5.41, 5.74) is 2.35. The van der Waals surface area contributed by atoms with Gasteiger partial charge in [-0.15, -0.1) is 0 Å². The van der Waals surface area contributed by atoms with E-state index in [-0.39, 0.29) is 0 Å². The number of aryl methyl sites for hydroxylation is 1. The Bertz CT molecular complexity index is 490. The summed E-state index contributed by atoms with van der Waals surface area (Å²) in [5.74, 6) is 1.88. The fourth-order valence-electron chi connectivity index (χ4n) is 1.70. The highest BCUT2D eigenvalue weighted by Gasteiger charge is 2.07. The Balaban J connectivity index is 2.35. The molecule has 0 atom stereocenters. The SMILES string of the molecule is CNCc1ccc(-c2ccc(Br)cc2C)o1. The van der Waals surface area contributed by atoms with E-state index >= 15 is 0 Å². The first-order valence-electron chi connectivity index (χ1n) is 5.20. The molecular weight excluding hydrogens is 266 g/mol. The minimum Gasteiger partial charge on any atom is -0.460 e. The van der Waals surface area contributed by atoms with Crippen molar-refractivity contribution in [1.29, 1.82) is 0 Å². The van der Waals surface area contributed by atoms with Gasteiger partial charge < -0.3 is 9.73 Å². The van der Waals surface area contributed by atoms with E-state index in [0.717, 1.165) is 28.1 Å². The quantitative estimate of drug-likeness (QED) is 0.926. The van der Waals surface area contributed by atoms with E-state index < -0.39 is 0 Å². The third-order valence-electron chi connectivity index (χ3n) is 2.47. The molecule has 1 aromatic heterocycles. The van der Waals surface area contributed by atoms with Crippen molar-refractivity contribution < 1.29 is 4.42 Å². The van der Waals surface area contributed by atoms with Gasteiger partial charge in [-0.05, 0) is 49.9 Å². The number of rotatable bonds is 3. The zero-order chi connectivity index (χ0) is 11.5. The summed E-state index contributed by atoms with van der Waals surface area (Å²) < 4.78 is 6.85. The molecule has 0 saturated carbocycles. The molecule has 2 nitrogen and oxygen atoms in total. The molecule has 0 amide bonds. The number of hydrogen-bond acceptors (Lipinski definition) is 2. The Morgan fingerprint density at radius 3 is 2.75 bits per heavy atom. The Morgan fingerprint density at radius 2 is 2.06 bits per heavy atom. The van der Waals surface area contributed by atoms with Crippen LogP contribution in [0.5, 0.6) is 0 Å². The van der Waals surface area contributed by atoms with Crippen molar-refractivity contribution in [2.75, 3.05) is 7.05 Å². The summed E-state index contributed by atoms with van der Waals surface area (Å²) in [5, 5.41) is 3.07. The molecular formula is C13H14BrNO. The van der Waals surface area contributed by atoms with Crippen LogP contribution in [-0.4, -0.2) is 7.05 Å². The molecule has 0 aliphatic carbocycles. The predicted octanol–water partition coefficient (Wildman–Crippen LogP) is 3.74. The number of nitrogens with one attached hydrogen (secondary N) is 1. The number of halogens is 1. The Morgan fingerprint density at radius 1 is 1.25 bits per heavy atom. The van der Waals surface area contributed by atoms with Crippen LogP contribution < -0.4 is 5.32 Å². The highest BCUT2D eigenvalue weighted by molar-refractivity contribution is 9.10. The van der Waals surface area contributed by atoms with Crippen molar-refractivity contribution in [1.82, 2.24) is 5.32 Å². The fourth-order valence-corrected chi connectivity index (χ4v) is 2.17. The van der Waals surface area contributed by atoms with Crippen LogP contribution in [0, 0.1) is 6.92 Å². The molecule has 1 aromatic carbocycles. The lowest BCUT2D eigenvalue weighted by Gasteiger charge is -2.03. The van der Waals surface area contributed by atoms with E-state index in [2.05, 4.69) is 40.3 Å². The molecule has 0 aliphatic heterocycles. The molecule has 84 valence electrons. The van der Waals surface area contributed by atoms with Gasteiger partial charge in [-0.2, -0.15) is 0 Å². The monoisotopic (exact) mass is 279 g/mol. The lowest BCUT2D eigenvalue weighted by atomic mass is 10.1. The molecule has 0 fully saturated rings. The normalized spacial score (nSPS) is 10.7. The maximum absolute atomic E-state index is 5.75. The average molecular weight is 280 g/mol. The van der Waals surface area contributed by atoms with Crippen molar-refractivity contribution in [2.45, 2.75) is 13.5 Å². The second-order valence-electron chi connectivity index (χ2n) is 3.76. The van der Waals surface area contributed by atoms with Crippen LogP contribution >= 0.6 is 15.9 Å². The largest absolute Gasteiger partial charge is 0.460 e. The third-order valence-corrected chi connectivity index (χ3v) is 2.96. The first-order valence-corrected chi connectivity index (χ1v) is 6.00. The van der Waals surface area contributed by atoms with Gasteiger partial charge in [-0.1, -0.05) is 15.9 Å². The van der Waals surface area contributed by atoms with Crippen LogP contribution in [0.4, 0.5) is 0 Å². The van der Waals surface area contributed by atoms with Gasteiger partial charge in [0.1, 0.15) is 11.5 Å². The molecule has 0 unspecified atom stereocenters. The van der Waals surface area contributed by atoms with Crippen LogP contribution in [0.3, 0.4) is 0 Å². The van der Waals surface area contributed by atoms with Gasteiger partial charge in [0.15, 0.2) is 0 Å². The van der Waals surface area contributed by atoms with E-state index in [9.17, 15) is 0 Å². The molecule has 16 heavy (non-hydrogen) atoms. The Labute approximate surface area is 104 Å². The van der Waals surface area contributed by atoms with Gasteiger partial charge in [-0.25, -0.2) is 0 Å². The minimum absolute atomic E-state index is 0.759. The lowest BCUT2D eigenvalue weighted by molar-refractivity contribution is 0.507. The first kappa shape index (κ1) is 11.4. The molecule has 0 saturated heterocycles. The van der Waals surface area contributed by atoms with Gasteiger partial charge in [-0.3, -0.25) is 0 Å². The van der Waals surface area contributed by atoms with Gasteiger partial charge in [0.05, 0.1) is 6.54 Å². The molecule has 0 spiro atoms. The Hall–Kier alpha value is -1.06. The molecule has 2 rings (SSSR count). The summed E-state index contributed by atoms with van der Waals surface area (Å²) in [4.78, 5) is 0. The highest BCUT2D eigenvalue weighted by Crippen LogP contribution is 2.27.